The van der Waals surface area contributed by atoms with Crippen LogP contribution in [0.2, 0.25) is 0 Å². The molecule has 0 saturated heterocycles. The van der Waals surface area contributed by atoms with Crippen molar-refractivity contribution >= 4 is 5.82 Å². The topological polar surface area (TPSA) is 73.3 Å². The Bertz CT molecular complexity index is 588. The Morgan fingerprint density at radius 1 is 1.44 bits per heavy atom. The fraction of sp³-hybridized carbons (Fsp3) is 0.250. The lowest BCUT2D eigenvalue weighted by atomic mass is 10.1. The SMILES string of the molecule is COc1c(C)cc(-c2cc(N)n(C)n2)c(F)c1O. The zero-order chi connectivity index (χ0) is 13.4. The summed E-state index contributed by atoms with van der Waals surface area (Å²) in [6.45, 7) is 1.72. The maximum atomic E-state index is 14.0. The van der Waals surface area contributed by atoms with Gasteiger partial charge >= 0.3 is 0 Å². The number of nitrogens with zero attached hydrogens (tertiary/aromatic N) is 2. The highest BCUT2D eigenvalue weighted by atomic mass is 19.1. The Balaban J connectivity index is 2.66. The van der Waals surface area contributed by atoms with Crippen LogP contribution in [-0.2, 0) is 7.05 Å². The second kappa shape index (κ2) is 4.21. The van der Waals surface area contributed by atoms with Crippen molar-refractivity contribution < 1.29 is 14.2 Å². The molecule has 1 heterocycles. The first-order chi connectivity index (χ1) is 8.45. The summed E-state index contributed by atoms with van der Waals surface area (Å²) in [5.74, 6) is -0.746. The van der Waals surface area contributed by atoms with Gasteiger partial charge in [-0.05, 0) is 18.6 Å². The van der Waals surface area contributed by atoms with Gasteiger partial charge in [0.1, 0.15) is 5.82 Å². The van der Waals surface area contributed by atoms with Crippen LogP contribution in [0.3, 0.4) is 0 Å². The molecule has 1 aromatic carbocycles. The predicted molar refractivity (Wildman–Crippen MR) is 66.0 cm³/mol. The number of rotatable bonds is 2. The van der Waals surface area contributed by atoms with Gasteiger partial charge in [-0.3, -0.25) is 4.68 Å². The molecule has 0 fully saturated rings. The van der Waals surface area contributed by atoms with Crippen molar-refractivity contribution in [3.63, 3.8) is 0 Å². The van der Waals surface area contributed by atoms with E-state index in [9.17, 15) is 9.50 Å². The number of hydrogen-bond donors (Lipinski definition) is 2. The van der Waals surface area contributed by atoms with E-state index in [1.807, 2.05) is 0 Å². The molecule has 0 atom stereocenters. The Kier molecular flexibility index (Phi) is 2.86. The van der Waals surface area contributed by atoms with Crippen LogP contribution < -0.4 is 10.5 Å². The number of nitrogens with two attached hydrogens (primary N) is 1. The second-order valence-electron chi connectivity index (χ2n) is 4.01. The van der Waals surface area contributed by atoms with Crippen LogP contribution in [0.4, 0.5) is 10.2 Å². The van der Waals surface area contributed by atoms with E-state index in [1.54, 1.807) is 26.1 Å². The third-order valence-electron chi connectivity index (χ3n) is 2.77. The first kappa shape index (κ1) is 12.2. The van der Waals surface area contributed by atoms with Crippen LogP contribution in [0.15, 0.2) is 12.1 Å². The highest BCUT2D eigenvalue weighted by Crippen LogP contribution is 2.38. The normalized spacial score (nSPS) is 10.7. The van der Waals surface area contributed by atoms with Crippen molar-refractivity contribution in [2.75, 3.05) is 12.8 Å². The fourth-order valence-corrected chi connectivity index (χ4v) is 1.82. The van der Waals surface area contributed by atoms with Crippen molar-refractivity contribution in [1.29, 1.82) is 0 Å². The molecule has 2 aromatic rings. The number of nitrogen functional groups attached to an aromatic ring is 1. The second-order valence-corrected chi connectivity index (χ2v) is 4.01. The molecular weight excluding hydrogens is 237 g/mol. The molecule has 0 radical (unpaired) electrons. The van der Waals surface area contributed by atoms with Crippen LogP contribution >= 0.6 is 0 Å². The Morgan fingerprint density at radius 3 is 2.61 bits per heavy atom. The van der Waals surface area contributed by atoms with E-state index in [0.717, 1.165) is 0 Å². The number of benzene rings is 1. The lowest BCUT2D eigenvalue weighted by Gasteiger charge is -2.10. The average Bonchev–Trinajstić information content (AvgIpc) is 2.65. The summed E-state index contributed by atoms with van der Waals surface area (Å²) in [5.41, 5.74) is 6.83. The highest BCUT2D eigenvalue weighted by Gasteiger charge is 2.19. The number of aryl methyl sites for hydroxylation is 2. The quantitative estimate of drug-likeness (QED) is 0.854. The molecule has 5 nitrogen and oxygen atoms in total. The molecule has 96 valence electrons. The molecule has 0 unspecified atom stereocenters. The first-order valence-electron chi connectivity index (χ1n) is 5.31. The van der Waals surface area contributed by atoms with E-state index in [4.69, 9.17) is 10.5 Å². The van der Waals surface area contributed by atoms with Gasteiger partial charge < -0.3 is 15.6 Å². The van der Waals surface area contributed by atoms with E-state index < -0.39 is 11.6 Å². The minimum Gasteiger partial charge on any atom is -0.502 e. The van der Waals surface area contributed by atoms with Gasteiger partial charge in [0.2, 0.25) is 0 Å². The highest BCUT2D eigenvalue weighted by molar-refractivity contribution is 5.68. The number of phenols is 1. The van der Waals surface area contributed by atoms with Crippen molar-refractivity contribution in [2.45, 2.75) is 6.92 Å². The molecule has 0 aliphatic heterocycles. The molecule has 1 aromatic heterocycles. The number of hydrogen-bond acceptors (Lipinski definition) is 4. The summed E-state index contributed by atoms with van der Waals surface area (Å²) >= 11 is 0. The van der Waals surface area contributed by atoms with Gasteiger partial charge in [-0.2, -0.15) is 5.10 Å². The lowest BCUT2D eigenvalue weighted by Crippen LogP contribution is -1.97. The van der Waals surface area contributed by atoms with Gasteiger partial charge in [-0.1, -0.05) is 0 Å². The molecule has 18 heavy (non-hydrogen) atoms. The minimum absolute atomic E-state index is 0.125. The predicted octanol–water partition coefficient (Wildman–Crippen LogP) is 1.83. The zero-order valence-electron chi connectivity index (χ0n) is 10.4. The van der Waals surface area contributed by atoms with Crippen molar-refractivity contribution in [3.8, 4) is 22.8 Å². The Labute approximate surface area is 104 Å². The van der Waals surface area contributed by atoms with Gasteiger partial charge in [0.05, 0.1) is 12.8 Å². The number of aromatic hydroxyl groups is 1. The molecule has 0 saturated carbocycles. The van der Waals surface area contributed by atoms with Gasteiger partial charge in [0.15, 0.2) is 17.3 Å². The molecule has 0 aliphatic carbocycles. The van der Waals surface area contributed by atoms with Gasteiger partial charge in [-0.25, -0.2) is 4.39 Å². The van der Waals surface area contributed by atoms with E-state index in [0.29, 0.717) is 17.1 Å². The third-order valence-corrected chi connectivity index (χ3v) is 2.77. The maximum Gasteiger partial charge on any atom is 0.195 e. The summed E-state index contributed by atoms with van der Waals surface area (Å²) in [6, 6.07) is 3.11. The van der Waals surface area contributed by atoms with Gasteiger partial charge in [0.25, 0.3) is 0 Å². The van der Waals surface area contributed by atoms with Crippen molar-refractivity contribution in [2.24, 2.45) is 7.05 Å². The fourth-order valence-electron chi connectivity index (χ4n) is 1.82. The number of halogens is 1. The standard InChI is InChI=1S/C12H14FN3O2/c1-6-4-7(8-5-9(14)16(2)15-8)10(13)11(17)12(6)18-3/h4-5,17H,14H2,1-3H3. The van der Waals surface area contributed by atoms with Gasteiger partial charge in [0, 0.05) is 18.7 Å². The molecule has 0 amide bonds. The monoisotopic (exact) mass is 251 g/mol. The summed E-state index contributed by atoms with van der Waals surface area (Å²) in [6.07, 6.45) is 0. The molecule has 0 bridgehead atoms. The van der Waals surface area contributed by atoms with Crippen molar-refractivity contribution in [1.82, 2.24) is 9.78 Å². The molecule has 0 aliphatic rings. The van der Waals surface area contributed by atoms with Crippen LogP contribution in [0.5, 0.6) is 11.5 Å². The average molecular weight is 251 g/mol. The number of aromatic nitrogens is 2. The van der Waals surface area contributed by atoms with E-state index in [2.05, 4.69) is 5.10 Å². The molecular formula is C12H14FN3O2. The van der Waals surface area contributed by atoms with Crippen LogP contribution in [0.25, 0.3) is 11.3 Å². The lowest BCUT2D eigenvalue weighted by molar-refractivity contribution is 0.355. The maximum absolute atomic E-state index is 14.0. The minimum atomic E-state index is -0.768. The molecule has 6 heteroatoms. The molecule has 3 N–H and O–H groups in total. The molecule has 2 rings (SSSR count). The summed E-state index contributed by atoms with van der Waals surface area (Å²) in [7, 11) is 3.03. The van der Waals surface area contributed by atoms with Crippen LogP contribution in [-0.4, -0.2) is 22.0 Å². The van der Waals surface area contributed by atoms with Crippen LogP contribution in [0.1, 0.15) is 5.56 Å². The Morgan fingerprint density at radius 2 is 2.11 bits per heavy atom. The number of ether oxygens (including phenoxy) is 1. The van der Waals surface area contributed by atoms with E-state index in [1.165, 1.54) is 11.8 Å². The Hall–Kier alpha value is -2.24. The first-order valence-corrected chi connectivity index (χ1v) is 5.31. The zero-order valence-corrected chi connectivity index (χ0v) is 10.4. The number of methoxy groups -OCH3 is 1. The summed E-state index contributed by atoms with van der Waals surface area (Å²) in [4.78, 5) is 0. The molecule has 0 spiro atoms. The summed E-state index contributed by atoms with van der Waals surface area (Å²) < 4.78 is 20.4. The largest absolute Gasteiger partial charge is 0.502 e. The number of phenolic OH excluding ortho intramolecular Hbond substituents is 1. The van der Waals surface area contributed by atoms with Crippen LogP contribution in [0, 0.1) is 12.7 Å². The smallest absolute Gasteiger partial charge is 0.195 e. The van der Waals surface area contributed by atoms with E-state index in [-0.39, 0.29) is 11.3 Å². The summed E-state index contributed by atoms with van der Waals surface area (Å²) in [5, 5.41) is 13.8. The number of anilines is 1. The van der Waals surface area contributed by atoms with E-state index >= 15 is 0 Å². The van der Waals surface area contributed by atoms with Gasteiger partial charge in [-0.15, -0.1) is 0 Å². The third kappa shape index (κ3) is 1.75. The van der Waals surface area contributed by atoms with Crippen molar-refractivity contribution in [3.05, 3.63) is 23.5 Å².